The standard InChI is InChI=1S/C16H22N6O2/c1-4-17-14-20-15(18-5-2)22-16(21-14)19-12-10-8-7-9-11(12)13(23)24-6-3/h7-10H,4-6H2,1-3H3,(H3,17,18,19,20,21,22). The van der Waals surface area contributed by atoms with Crippen LogP contribution in [0.15, 0.2) is 24.3 Å². The van der Waals surface area contributed by atoms with Gasteiger partial charge in [-0.3, -0.25) is 0 Å². The van der Waals surface area contributed by atoms with Crippen LogP contribution in [-0.2, 0) is 4.74 Å². The molecule has 0 saturated heterocycles. The second kappa shape index (κ2) is 8.66. The zero-order valence-electron chi connectivity index (χ0n) is 14.1. The van der Waals surface area contributed by atoms with E-state index < -0.39 is 5.97 Å². The molecule has 2 aromatic rings. The van der Waals surface area contributed by atoms with E-state index in [1.165, 1.54) is 0 Å². The van der Waals surface area contributed by atoms with Crippen molar-refractivity contribution in [1.29, 1.82) is 0 Å². The van der Waals surface area contributed by atoms with E-state index in [2.05, 4.69) is 30.9 Å². The topological polar surface area (TPSA) is 101 Å². The molecular weight excluding hydrogens is 308 g/mol. The molecule has 24 heavy (non-hydrogen) atoms. The number of esters is 1. The average molecular weight is 330 g/mol. The van der Waals surface area contributed by atoms with E-state index in [0.29, 0.717) is 48.8 Å². The number of nitrogens with one attached hydrogen (secondary N) is 3. The Bertz CT molecular complexity index is 668. The van der Waals surface area contributed by atoms with Crippen molar-refractivity contribution in [3.63, 3.8) is 0 Å². The first-order chi connectivity index (χ1) is 11.7. The first-order valence-electron chi connectivity index (χ1n) is 7.94. The summed E-state index contributed by atoms with van der Waals surface area (Å²) in [5.41, 5.74) is 1.00. The summed E-state index contributed by atoms with van der Waals surface area (Å²) in [5.74, 6) is 0.862. The fraction of sp³-hybridized carbons (Fsp3) is 0.375. The van der Waals surface area contributed by atoms with Gasteiger partial charge in [-0.15, -0.1) is 0 Å². The SMILES string of the molecule is CCNc1nc(NCC)nc(Nc2ccccc2C(=O)OCC)n1. The van der Waals surface area contributed by atoms with Crippen LogP contribution in [0.5, 0.6) is 0 Å². The first kappa shape index (κ1) is 17.5. The number of carbonyl (C=O) groups excluding carboxylic acids is 1. The molecule has 0 aliphatic rings. The summed E-state index contributed by atoms with van der Waals surface area (Å²) in [6, 6.07) is 7.06. The fourth-order valence-electron chi connectivity index (χ4n) is 2.01. The average Bonchev–Trinajstić information content (AvgIpc) is 2.56. The lowest BCUT2D eigenvalue weighted by molar-refractivity contribution is 0.0527. The molecule has 0 fully saturated rings. The van der Waals surface area contributed by atoms with Crippen LogP contribution in [0.2, 0.25) is 0 Å². The highest BCUT2D eigenvalue weighted by Gasteiger charge is 2.14. The number of anilines is 4. The number of benzene rings is 1. The van der Waals surface area contributed by atoms with Crippen LogP contribution in [0.1, 0.15) is 31.1 Å². The Hall–Kier alpha value is -2.90. The zero-order valence-corrected chi connectivity index (χ0v) is 14.1. The lowest BCUT2D eigenvalue weighted by atomic mass is 10.2. The molecule has 1 aromatic heterocycles. The van der Waals surface area contributed by atoms with Crippen molar-refractivity contribution in [2.75, 3.05) is 35.6 Å². The van der Waals surface area contributed by atoms with Gasteiger partial charge in [0.1, 0.15) is 0 Å². The van der Waals surface area contributed by atoms with Crippen LogP contribution >= 0.6 is 0 Å². The van der Waals surface area contributed by atoms with Gasteiger partial charge in [0, 0.05) is 13.1 Å². The lowest BCUT2D eigenvalue weighted by Crippen LogP contribution is -2.12. The van der Waals surface area contributed by atoms with Crippen molar-refractivity contribution in [3.8, 4) is 0 Å². The molecule has 8 nitrogen and oxygen atoms in total. The van der Waals surface area contributed by atoms with Crippen LogP contribution in [0.4, 0.5) is 23.5 Å². The maximum absolute atomic E-state index is 12.1. The van der Waals surface area contributed by atoms with Gasteiger partial charge in [0.25, 0.3) is 0 Å². The Kier molecular flexibility index (Phi) is 6.30. The lowest BCUT2D eigenvalue weighted by Gasteiger charge is -2.12. The monoisotopic (exact) mass is 330 g/mol. The van der Waals surface area contributed by atoms with E-state index in [4.69, 9.17) is 4.74 Å². The molecule has 1 heterocycles. The molecule has 0 atom stereocenters. The highest BCUT2D eigenvalue weighted by Crippen LogP contribution is 2.21. The first-order valence-corrected chi connectivity index (χ1v) is 7.94. The molecule has 2 rings (SSSR count). The van der Waals surface area contributed by atoms with Crippen LogP contribution in [0.3, 0.4) is 0 Å². The van der Waals surface area contributed by atoms with Gasteiger partial charge in [0.15, 0.2) is 0 Å². The molecule has 8 heteroatoms. The summed E-state index contributed by atoms with van der Waals surface area (Å²) in [7, 11) is 0. The maximum atomic E-state index is 12.1. The minimum absolute atomic E-state index is 0.314. The Balaban J connectivity index is 2.32. The Morgan fingerprint density at radius 3 is 2.12 bits per heavy atom. The highest BCUT2D eigenvalue weighted by atomic mass is 16.5. The quantitative estimate of drug-likeness (QED) is 0.635. The second-order valence-electron chi connectivity index (χ2n) is 4.76. The molecule has 0 aliphatic heterocycles. The van der Waals surface area contributed by atoms with Gasteiger partial charge < -0.3 is 20.7 Å². The summed E-state index contributed by atoms with van der Waals surface area (Å²) < 4.78 is 5.07. The van der Waals surface area contributed by atoms with Crippen molar-refractivity contribution >= 4 is 29.5 Å². The third-order valence-electron chi connectivity index (χ3n) is 2.97. The van der Waals surface area contributed by atoms with Crippen molar-refractivity contribution < 1.29 is 9.53 Å². The molecular formula is C16H22N6O2. The molecule has 0 aliphatic carbocycles. The summed E-state index contributed by atoms with van der Waals surface area (Å²) in [6.07, 6.45) is 0. The molecule has 0 amide bonds. The molecule has 0 spiro atoms. The number of para-hydroxylation sites is 1. The number of hydrogen-bond donors (Lipinski definition) is 3. The minimum atomic E-state index is -0.395. The van der Waals surface area contributed by atoms with Crippen molar-refractivity contribution in [1.82, 2.24) is 15.0 Å². The summed E-state index contributed by atoms with van der Waals surface area (Å²) in [5, 5.41) is 9.18. The zero-order chi connectivity index (χ0) is 17.4. The third kappa shape index (κ3) is 4.55. The maximum Gasteiger partial charge on any atom is 0.340 e. The van der Waals surface area contributed by atoms with E-state index in [1.807, 2.05) is 19.9 Å². The van der Waals surface area contributed by atoms with Crippen molar-refractivity contribution in [2.24, 2.45) is 0 Å². The van der Waals surface area contributed by atoms with Crippen LogP contribution in [0, 0.1) is 0 Å². The van der Waals surface area contributed by atoms with E-state index >= 15 is 0 Å². The van der Waals surface area contributed by atoms with Gasteiger partial charge in [-0.05, 0) is 32.9 Å². The number of rotatable bonds is 8. The molecule has 128 valence electrons. The third-order valence-corrected chi connectivity index (χ3v) is 2.97. The summed E-state index contributed by atoms with van der Waals surface area (Å²) in [6.45, 7) is 7.38. The minimum Gasteiger partial charge on any atom is -0.462 e. The van der Waals surface area contributed by atoms with E-state index in [9.17, 15) is 4.79 Å². The molecule has 0 saturated carbocycles. The van der Waals surface area contributed by atoms with Gasteiger partial charge in [-0.1, -0.05) is 12.1 Å². The van der Waals surface area contributed by atoms with E-state index in [1.54, 1.807) is 25.1 Å². The summed E-state index contributed by atoms with van der Waals surface area (Å²) in [4.78, 5) is 24.9. The number of ether oxygens (including phenoxy) is 1. The van der Waals surface area contributed by atoms with Gasteiger partial charge in [-0.2, -0.15) is 15.0 Å². The second-order valence-corrected chi connectivity index (χ2v) is 4.76. The number of hydrogen-bond acceptors (Lipinski definition) is 8. The van der Waals surface area contributed by atoms with Gasteiger partial charge in [0.05, 0.1) is 17.9 Å². The molecule has 1 aromatic carbocycles. The Morgan fingerprint density at radius 1 is 0.958 bits per heavy atom. The van der Waals surface area contributed by atoms with Crippen molar-refractivity contribution in [2.45, 2.75) is 20.8 Å². The summed E-state index contributed by atoms with van der Waals surface area (Å²) >= 11 is 0. The highest BCUT2D eigenvalue weighted by molar-refractivity contribution is 5.96. The van der Waals surface area contributed by atoms with Gasteiger partial charge in [-0.25, -0.2) is 4.79 Å². The molecule has 0 radical (unpaired) electrons. The smallest absolute Gasteiger partial charge is 0.340 e. The van der Waals surface area contributed by atoms with Crippen molar-refractivity contribution in [3.05, 3.63) is 29.8 Å². The molecule has 3 N–H and O–H groups in total. The molecule has 0 bridgehead atoms. The predicted molar refractivity (Wildman–Crippen MR) is 93.8 cm³/mol. The largest absolute Gasteiger partial charge is 0.462 e. The Morgan fingerprint density at radius 2 is 1.54 bits per heavy atom. The van der Waals surface area contributed by atoms with Crippen LogP contribution < -0.4 is 16.0 Å². The van der Waals surface area contributed by atoms with Crippen LogP contribution in [0.25, 0.3) is 0 Å². The number of carbonyl (C=O) groups is 1. The predicted octanol–water partition coefficient (Wildman–Crippen LogP) is 2.66. The number of nitrogens with zero attached hydrogens (tertiary/aromatic N) is 3. The van der Waals surface area contributed by atoms with Gasteiger partial charge in [0.2, 0.25) is 17.8 Å². The van der Waals surface area contributed by atoms with Gasteiger partial charge >= 0.3 is 5.97 Å². The normalized spacial score (nSPS) is 10.1. The molecule has 0 unspecified atom stereocenters. The Labute approximate surface area is 141 Å². The van der Waals surface area contributed by atoms with E-state index in [0.717, 1.165) is 0 Å². The number of aromatic nitrogens is 3. The van der Waals surface area contributed by atoms with Crippen LogP contribution in [-0.4, -0.2) is 40.6 Å². The fourth-order valence-corrected chi connectivity index (χ4v) is 2.01. The van der Waals surface area contributed by atoms with E-state index in [-0.39, 0.29) is 0 Å².